The number of cyclic esters (lactones) is 1. The van der Waals surface area contributed by atoms with E-state index in [-0.39, 0.29) is 6.10 Å². The quantitative estimate of drug-likeness (QED) is 0.858. The highest BCUT2D eigenvalue weighted by Gasteiger charge is 2.28. The van der Waals surface area contributed by atoms with Crippen molar-refractivity contribution >= 4 is 23.4 Å². The van der Waals surface area contributed by atoms with Crippen LogP contribution in [0.15, 0.2) is 36.4 Å². The van der Waals surface area contributed by atoms with Gasteiger partial charge >= 0.3 is 6.09 Å². The van der Waals surface area contributed by atoms with E-state index >= 15 is 0 Å². The fourth-order valence-corrected chi connectivity index (χ4v) is 3.01. The Kier molecular flexibility index (Phi) is 3.74. The number of nitriles is 1. The van der Waals surface area contributed by atoms with Crippen molar-refractivity contribution < 1.29 is 9.53 Å². The number of anilines is 1. The van der Waals surface area contributed by atoms with Crippen LogP contribution in [0.4, 0.5) is 10.5 Å². The van der Waals surface area contributed by atoms with Gasteiger partial charge in [0.05, 0.1) is 22.3 Å². The third kappa shape index (κ3) is 2.40. The molecule has 1 unspecified atom stereocenters. The molecule has 2 aromatic rings. The number of rotatable bonds is 2. The molecule has 2 aromatic carbocycles. The number of nitrogens with one attached hydrogen (secondary N) is 1. The normalized spacial score (nSPS) is 16.2. The smallest absolute Gasteiger partial charge is 0.412 e. The van der Waals surface area contributed by atoms with Gasteiger partial charge in [0.25, 0.3) is 0 Å². The Balaban J connectivity index is 2.16. The van der Waals surface area contributed by atoms with Gasteiger partial charge in [0.1, 0.15) is 6.10 Å². The van der Waals surface area contributed by atoms with Crippen molar-refractivity contribution in [1.82, 2.24) is 0 Å². The lowest BCUT2D eigenvalue weighted by molar-refractivity contribution is 0.104. The monoisotopic (exact) mass is 312 g/mol. The minimum Gasteiger partial charge on any atom is -0.441 e. The van der Waals surface area contributed by atoms with Gasteiger partial charge in [-0.1, -0.05) is 36.7 Å². The van der Waals surface area contributed by atoms with Gasteiger partial charge in [0, 0.05) is 11.1 Å². The lowest BCUT2D eigenvalue weighted by atomic mass is 9.96. The zero-order valence-corrected chi connectivity index (χ0v) is 12.6. The van der Waals surface area contributed by atoms with Crippen molar-refractivity contribution in [1.29, 1.82) is 5.26 Å². The van der Waals surface area contributed by atoms with E-state index in [1.165, 1.54) is 0 Å². The average molecular weight is 313 g/mol. The first kappa shape index (κ1) is 14.4. The first-order valence-corrected chi connectivity index (χ1v) is 7.32. The van der Waals surface area contributed by atoms with Crippen LogP contribution in [0.2, 0.25) is 5.02 Å². The van der Waals surface area contributed by atoms with Crippen molar-refractivity contribution in [2.75, 3.05) is 5.32 Å². The maximum absolute atomic E-state index is 11.5. The predicted molar refractivity (Wildman–Crippen MR) is 84.7 cm³/mol. The predicted octanol–water partition coefficient (Wildman–Crippen LogP) is 4.89. The molecule has 1 atom stereocenters. The van der Waals surface area contributed by atoms with Gasteiger partial charge in [0.15, 0.2) is 0 Å². The molecule has 0 aliphatic carbocycles. The van der Waals surface area contributed by atoms with Crippen LogP contribution >= 0.6 is 11.6 Å². The molecule has 1 aliphatic rings. The van der Waals surface area contributed by atoms with Gasteiger partial charge in [-0.3, -0.25) is 5.32 Å². The molecule has 22 heavy (non-hydrogen) atoms. The molecule has 4 nitrogen and oxygen atoms in total. The third-order valence-electron chi connectivity index (χ3n) is 3.66. The van der Waals surface area contributed by atoms with Crippen LogP contribution in [0, 0.1) is 11.3 Å². The molecule has 1 aliphatic heterocycles. The van der Waals surface area contributed by atoms with Gasteiger partial charge in [-0.2, -0.15) is 5.26 Å². The first-order chi connectivity index (χ1) is 10.6. The van der Waals surface area contributed by atoms with E-state index in [9.17, 15) is 4.79 Å². The van der Waals surface area contributed by atoms with Crippen LogP contribution < -0.4 is 5.32 Å². The van der Waals surface area contributed by atoms with E-state index in [1.807, 2.05) is 31.2 Å². The summed E-state index contributed by atoms with van der Waals surface area (Å²) in [5.41, 5.74) is 3.70. The Morgan fingerprint density at radius 1 is 1.36 bits per heavy atom. The molecule has 1 N–H and O–H groups in total. The molecular formula is C17H13ClN2O2. The number of hydrogen-bond acceptors (Lipinski definition) is 3. The maximum Gasteiger partial charge on any atom is 0.412 e. The molecule has 110 valence electrons. The van der Waals surface area contributed by atoms with Gasteiger partial charge in [-0.05, 0) is 30.2 Å². The van der Waals surface area contributed by atoms with E-state index in [0.717, 1.165) is 16.7 Å². The van der Waals surface area contributed by atoms with Crippen molar-refractivity contribution in [3.8, 4) is 17.2 Å². The fourth-order valence-electron chi connectivity index (χ4n) is 2.61. The number of hydrogen-bond donors (Lipinski definition) is 1. The lowest BCUT2D eigenvalue weighted by Crippen LogP contribution is -2.24. The molecule has 0 fully saturated rings. The number of benzene rings is 2. The second-order valence-corrected chi connectivity index (χ2v) is 5.39. The molecule has 0 bridgehead atoms. The molecule has 5 heteroatoms. The van der Waals surface area contributed by atoms with E-state index < -0.39 is 6.09 Å². The summed E-state index contributed by atoms with van der Waals surface area (Å²) in [5.74, 6) is 0. The Labute approximate surface area is 133 Å². The topological polar surface area (TPSA) is 62.1 Å². The van der Waals surface area contributed by atoms with Crippen LogP contribution in [-0.2, 0) is 4.74 Å². The highest BCUT2D eigenvalue weighted by atomic mass is 35.5. The maximum atomic E-state index is 11.5. The van der Waals surface area contributed by atoms with Crippen molar-refractivity contribution in [2.45, 2.75) is 19.4 Å². The molecule has 0 saturated carbocycles. The van der Waals surface area contributed by atoms with E-state index in [2.05, 4.69) is 11.4 Å². The Hall–Kier alpha value is -2.51. The number of amides is 1. The molecular weight excluding hydrogens is 300 g/mol. The number of halogens is 1. The summed E-state index contributed by atoms with van der Waals surface area (Å²) < 4.78 is 5.29. The van der Waals surface area contributed by atoms with E-state index in [4.69, 9.17) is 21.6 Å². The van der Waals surface area contributed by atoms with Crippen LogP contribution in [-0.4, -0.2) is 6.09 Å². The molecule has 1 heterocycles. The van der Waals surface area contributed by atoms with Gasteiger partial charge in [0.2, 0.25) is 0 Å². The molecule has 1 amide bonds. The van der Waals surface area contributed by atoms with Gasteiger partial charge < -0.3 is 4.74 Å². The highest BCUT2D eigenvalue weighted by Crippen LogP contribution is 2.42. The SMILES string of the molecule is CCC1OC(=O)Nc2ccc(-c3cccc(C#N)c3)c(Cl)c21. The summed E-state index contributed by atoms with van der Waals surface area (Å²) in [6.45, 7) is 1.94. The van der Waals surface area contributed by atoms with Crippen molar-refractivity contribution in [3.05, 3.63) is 52.5 Å². The summed E-state index contributed by atoms with van der Waals surface area (Å²) in [7, 11) is 0. The summed E-state index contributed by atoms with van der Waals surface area (Å²) in [6.07, 6.45) is -0.188. The minimum absolute atomic E-state index is 0.365. The summed E-state index contributed by atoms with van der Waals surface area (Å²) in [4.78, 5) is 11.5. The minimum atomic E-state index is -0.463. The largest absolute Gasteiger partial charge is 0.441 e. The molecule has 0 spiro atoms. The second-order valence-electron chi connectivity index (χ2n) is 5.01. The average Bonchev–Trinajstić information content (AvgIpc) is 2.54. The van der Waals surface area contributed by atoms with Gasteiger partial charge in [-0.15, -0.1) is 0 Å². The number of carbonyl (C=O) groups is 1. The zero-order valence-electron chi connectivity index (χ0n) is 11.9. The molecule has 0 radical (unpaired) electrons. The summed E-state index contributed by atoms with van der Waals surface area (Å²) in [5, 5.41) is 12.2. The molecule has 0 saturated heterocycles. The van der Waals surface area contributed by atoms with Crippen molar-refractivity contribution in [3.63, 3.8) is 0 Å². The molecule has 0 aromatic heterocycles. The summed E-state index contributed by atoms with van der Waals surface area (Å²) >= 11 is 6.56. The fraction of sp³-hybridized carbons (Fsp3) is 0.176. The van der Waals surface area contributed by atoms with Crippen LogP contribution in [0.3, 0.4) is 0 Å². The number of carbonyl (C=O) groups excluding carboxylic acids is 1. The van der Waals surface area contributed by atoms with Crippen LogP contribution in [0.5, 0.6) is 0 Å². The Morgan fingerprint density at radius 3 is 2.91 bits per heavy atom. The first-order valence-electron chi connectivity index (χ1n) is 6.94. The zero-order chi connectivity index (χ0) is 15.7. The van der Waals surface area contributed by atoms with Crippen LogP contribution in [0.1, 0.15) is 30.6 Å². The lowest BCUT2D eigenvalue weighted by Gasteiger charge is -2.27. The van der Waals surface area contributed by atoms with Crippen LogP contribution in [0.25, 0.3) is 11.1 Å². The standard InChI is InChI=1S/C17H13ClN2O2/c1-2-14-15-13(20-17(21)22-14)7-6-12(16(15)18)11-5-3-4-10(8-11)9-19/h3-8,14H,2H2,1H3,(H,20,21). The van der Waals surface area contributed by atoms with E-state index in [0.29, 0.717) is 22.7 Å². The van der Waals surface area contributed by atoms with E-state index in [1.54, 1.807) is 12.1 Å². The summed E-state index contributed by atoms with van der Waals surface area (Å²) in [6, 6.07) is 13.0. The Morgan fingerprint density at radius 2 is 2.18 bits per heavy atom. The number of fused-ring (bicyclic) bond motifs is 1. The number of ether oxygens (including phenoxy) is 1. The van der Waals surface area contributed by atoms with Crippen molar-refractivity contribution in [2.24, 2.45) is 0 Å². The number of nitrogens with zero attached hydrogens (tertiary/aromatic N) is 1. The third-order valence-corrected chi connectivity index (χ3v) is 4.07. The Bertz CT molecular complexity index is 796. The second kappa shape index (κ2) is 5.70. The van der Waals surface area contributed by atoms with Gasteiger partial charge in [-0.25, -0.2) is 4.79 Å². The highest BCUT2D eigenvalue weighted by molar-refractivity contribution is 6.34. The molecule has 3 rings (SSSR count).